The summed E-state index contributed by atoms with van der Waals surface area (Å²) in [5.74, 6) is -2.00. The van der Waals surface area contributed by atoms with Crippen LogP contribution in [0.15, 0.2) is 35.4 Å². The van der Waals surface area contributed by atoms with Gasteiger partial charge in [-0.3, -0.25) is 10.1 Å². The fraction of sp³-hybridized carbons (Fsp3) is 0.278. The van der Waals surface area contributed by atoms with Crippen LogP contribution in [0.25, 0.3) is 0 Å². The van der Waals surface area contributed by atoms with Gasteiger partial charge in [-0.25, -0.2) is 27.7 Å². The molecule has 3 amide bonds. The first kappa shape index (κ1) is 24.8. The van der Waals surface area contributed by atoms with Crippen LogP contribution in [-0.4, -0.2) is 55.4 Å². The highest BCUT2D eigenvalue weighted by Gasteiger charge is 2.27. The molecule has 0 aliphatic heterocycles. The predicted molar refractivity (Wildman–Crippen MR) is 114 cm³/mol. The first-order valence-electron chi connectivity index (χ1n) is 8.97. The van der Waals surface area contributed by atoms with Gasteiger partial charge in [-0.05, 0) is 32.0 Å². The van der Waals surface area contributed by atoms with Crippen molar-refractivity contribution in [3.05, 3.63) is 36.0 Å². The van der Waals surface area contributed by atoms with Crippen molar-refractivity contribution in [2.45, 2.75) is 24.8 Å². The highest BCUT2D eigenvalue weighted by atomic mass is 35.5. The lowest BCUT2D eigenvalue weighted by Crippen LogP contribution is -2.36. The van der Waals surface area contributed by atoms with Gasteiger partial charge in [0.1, 0.15) is 10.8 Å². The van der Waals surface area contributed by atoms with Gasteiger partial charge < -0.3 is 14.8 Å². The maximum atomic E-state index is 12.9. The molecule has 1 heterocycles. The van der Waals surface area contributed by atoms with Crippen molar-refractivity contribution in [1.29, 1.82) is 0 Å². The maximum Gasteiger partial charge on any atom is 0.339 e. The highest BCUT2D eigenvalue weighted by Crippen LogP contribution is 2.22. The highest BCUT2D eigenvalue weighted by molar-refractivity contribution is 7.90. The van der Waals surface area contributed by atoms with E-state index in [0.717, 1.165) is 12.1 Å². The second-order valence-corrected chi connectivity index (χ2v) is 8.25. The number of esters is 1. The fourth-order valence-corrected chi connectivity index (χ4v) is 3.48. The van der Waals surface area contributed by atoms with Crippen molar-refractivity contribution in [3.8, 4) is 5.88 Å². The summed E-state index contributed by atoms with van der Waals surface area (Å²) in [6.07, 6.45) is 0.758. The topological polar surface area (TPSA) is 166 Å². The van der Waals surface area contributed by atoms with E-state index in [0.29, 0.717) is 0 Å². The second-order valence-electron chi connectivity index (χ2n) is 6.33. The molecule has 0 saturated heterocycles. The third kappa shape index (κ3) is 6.78. The Kier molecular flexibility index (Phi) is 8.32. The summed E-state index contributed by atoms with van der Waals surface area (Å²) >= 11 is 5.45. The van der Waals surface area contributed by atoms with Gasteiger partial charge in [0.05, 0.1) is 18.8 Å². The molecule has 0 aliphatic carbocycles. The molecule has 3 N–H and O–H groups in total. The molecule has 0 bridgehead atoms. The van der Waals surface area contributed by atoms with Crippen LogP contribution in [0.5, 0.6) is 5.88 Å². The van der Waals surface area contributed by atoms with E-state index in [1.807, 2.05) is 0 Å². The number of amides is 3. The van der Waals surface area contributed by atoms with Crippen LogP contribution < -0.4 is 20.1 Å². The Balaban J connectivity index is 2.36. The molecule has 0 radical (unpaired) electrons. The first-order valence-corrected chi connectivity index (χ1v) is 11.0. The lowest BCUT2D eigenvalue weighted by molar-refractivity contribution is -0.113. The van der Waals surface area contributed by atoms with Gasteiger partial charge in [-0.2, -0.15) is 4.98 Å². The number of nitrogens with one attached hydrogen (secondary N) is 3. The van der Waals surface area contributed by atoms with Crippen molar-refractivity contribution in [2.24, 2.45) is 0 Å². The van der Waals surface area contributed by atoms with Gasteiger partial charge in [0.15, 0.2) is 0 Å². The molecule has 2 rings (SSSR count). The van der Waals surface area contributed by atoms with Crippen LogP contribution in [0.2, 0.25) is 0 Å². The van der Waals surface area contributed by atoms with Crippen LogP contribution in [0, 0.1) is 0 Å². The zero-order valence-electron chi connectivity index (χ0n) is 17.2. The molecular weight excluding hydrogens is 466 g/mol. The molecule has 12 nitrogen and oxygen atoms in total. The molecule has 14 heteroatoms. The van der Waals surface area contributed by atoms with E-state index < -0.39 is 38.9 Å². The molecule has 0 spiro atoms. The Morgan fingerprint density at radius 1 is 1.16 bits per heavy atom. The zero-order chi connectivity index (χ0) is 23.9. The van der Waals surface area contributed by atoms with Gasteiger partial charge in [0, 0.05) is 18.0 Å². The van der Waals surface area contributed by atoms with Gasteiger partial charge in [0.25, 0.3) is 10.0 Å². The molecule has 0 saturated carbocycles. The minimum absolute atomic E-state index is 0.0358. The summed E-state index contributed by atoms with van der Waals surface area (Å²) in [6, 6.07) is 3.67. The Bertz CT molecular complexity index is 1120. The Labute approximate surface area is 188 Å². The van der Waals surface area contributed by atoms with Crippen molar-refractivity contribution in [1.82, 2.24) is 14.7 Å². The molecule has 0 fully saturated rings. The van der Waals surface area contributed by atoms with E-state index >= 15 is 0 Å². The molecule has 0 aliphatic rings. The molecule has 172 valence electrons. The standard InChI is InChI=1S/C18H20ClN5O7S/c1-10(2)31-16(26)12-5-4-11(21-14(25)9-19)8-13(12)32(28,29)24-18(27)23-17-20-7-6-15(22-17)30-3/h4-8,10H,9H2,1-3H3,(H,21,25)(H2,20,22,23,24,27). The van der Waals surface area contributed by atoms with Crippen LogP contribution in [0.3, 0.4) is 0 Å². The van der Waals surface area contributed by atoms with Crippen LogP contribution >= 0.6 is 11.6 Å². The van der Waals surface area contributed by atoms with Crippen molar-refractivity contribution in [2.75, 3.05) is 23.6 Å². The Morgan fingerprint density at radius 2 is 1.88 bits per heavy atom. The number of alkyl halides is 1. The first-order chi connectivity index (χ1) is 15.1. The number of benzene rings is 1. The summed E-state index contributed by atoms with van der Waals surface area (Å²) in [5, 5.41) is 4.51. The molecule has 0 unspecified atom stereocenters. The minimum atomic E-state index is -4.61. The van der Waals surface area contributed by atoms with E-state index in [1.54, 1.807) is 18.6 Å². The number of rotatable bonds is 8. The smallest absolute Gasteiger partial charge is 0.339 e. The van der Waals surface area contributed by atoms with Gasteiger partial charge in [-0.1, -0.05) is 0 Å². The number of anilines is 2. The summed E-state index contributed by atoms with van der Waals surface area (Å²) in [4.78, 5) is 43.2. The average molecular weight is 486 g/mol. The number of urea groups is 1. The Hall–Kier alpha value is -3.45. The lowest BCUT2D eigenvalue weighted by atomic mass is 10.2. The summed E-state index contributed by atoms with van der Waals surface area (Å²) in [7, 11) is -3.25. The maximum absolute atomic E-state index is 12.9. The van der Waals surface area contributed by atoms with E-state index in [-0.39, 0.29) is 29.0 Å². The van der Waals surface area contributed by atoms with E-state index in [1.165, 1.54) is 25.4 Å². The fourth-order valence-electron chi connectivity index (χ4n) is 2.28. The largest absolute Gasteiger partial charge is 0.481 e. The SMILES string of the molecule is COc1ccnc(NC(=O)NS(=O)(=O)c2cc(NC(=O)CCl)ccc2C(=O)OC(C)C)n1. The third-order valence-corrected chi connectivity index (χ3v) is 5.14. The number of hydrogen-bond acceptors (Lipinski definition) is 9. The minimum Gasteiger partial charge on any atom is -0.481 e. The molecule has 0 atom stereocenters. The second kappa shape index (κ2) is 10.7. The third-order valence-electron chi connectivity index (χ3n) is 3.53. The quantitative estimate of drug-likeness (QED) is 0.372. The van der Waals surface area contributed by atoms with Crippen LogP contribution in [0.1, 0.15) is 24.2 Å². The Morgan fingerprint density at radius 3 is 2.50 bits per heavy atom. The van der Waals surface area contributed by atoms with Gasteiger partial charge in [-0.15, -0.1) is 11.6 Å². The van der Waals surface area contributed by atoms with Gasteiger partial charge in [0.2, 0.25) is 17.7 Å². The van der Waals surface area contributed by atoms with Crippen LogP contribution in [0.4, 0.5) is 16.4 Å². The van der Waals surface area contributed by atoms with Crippen LogP contribution in [-0.2, 0) is 19.6 Å². The summed E-state index contributed by atoms with van der Waals surface area (Å²) < 4.78 is 37.5. The molecule has 1 aromatic heterocycles. The van der Waals surface area contributed by atoms with E-state index in [4.69, 9.17) is 21.1 Å². The number of nitrogens with zero attached hydrogens (tertiary/aromatic N) is 2. The number of ether oxygens (including phenoxy) is 2. The number of carbonyl (C=O) groups excluding carboxylic acids is 3. The van der Waals surface area contributed by atoms with E-state index in [2.05, 4.69) is 20.6 Å². The van der Waals surface area contributed by atoms with Gasteiger partial charge >= 0.3 is 12.0 Å². The van der Waals surface area contributed by atoms with Crippen molar-refractivity contribution in [3.63, 3.8) is 0 Å². The number of aromatic nitrogens is 2. The summed E-state index contributed by atoms with van der Waals surface area (Å²) in [6.45, 7) is 3.17. The number of sulfonamides is 1. The molecule has 32 heavy (non-hydrogen) atoms. The number of halogens is 1. The lowest BCUT2D eigenvalue weighted by Gasteiger charge is -2.15. The molecule has 2 aromatic rings. The average Bonchev–Trinajstić information content (AvgIpc) is 2.72. The predicted octanol–water partition coefficient (Wildman–Crippen LogP) is 1.74. The monoisotopic (exact) mass is 485 g/mol. The number of hydrogen-bond donors (Lipinski definition) is 3. The molecular formula is C18H20ClN5O7S. The van der Waals surface area contributed by atoms with Crippen molar-refractivity contribution >= 4 is 51.2 Å². The number of methoxy groups -OCH3 is 1. The normalized spacial score (nSPS) is 10.9. The van der Waals surface area contributed by atoms with Crippen molar-refractivity contribution < 1.29 is 32.3 Å². The molecule has 1 aromatic carbocycles. The zero-order valence-corrected chi connectivity index (χ0v) is 18.8. The number of carbonyl (C=O) groups is 3. The summed E-state index contributed by atoms with van der Waals surface area (Å²) in [5.41, 5.74) is -0.311. The van der Waals surface area contributed by atoms with E-state index in [9.17, 15) is 22.8 Å².